The molecule has 0 radical (unpaired) electrons. The minimum Gasteiger partial charge on any atom is -0.434 e. The van der Waals surface area contributed by atoms with Crippen molar-refractivity contribution in [3.05, 3.63) is 154 Å². The predicted molar refractivity (Wildman–Crippen MR) is 229 cm³/mol. The Labute approximate surface area is 333 Å². The fourth-order valence-electron chi connectivity index (χ4n) is 11.6. The third kappa shape index (κ3) is 4.05. The Hall–Kier alpha value is -5.94. The number of fused-ring (bicyclic) bond motifs is 6. The van der Waals surface area contributed by atoms with Crippen LogP contribution in [0.4, 0.5) is 17.1 Å². The average Bonchev–Trinajstić information content (AvgIpc) is 3.90. The maximum absolute atomic E-state index is 7.25. The lowest BCUT2D eigenvalue weighted by Crippen LogP contribution is -2.42. The normalized spacial score (nSPS) is 21.7. The van der Waals surface area contributed by atoms with Crippen LogP contribution in [0.3, 0.4) is 0 Å². The van der Waals surface area contributed by atoms with E-state index in [0.717, 1.165) is 31.6 Å². The van der Waals surface area contributed by atoms with Crippen molar-refractivity contribution in [3.63, 3.8) is 0 Å². The van der Waals surface area contributed by atoms with Gasteiger partial charge in [-0.05, 0) is 88.5 Å². The third-order valence-electron chi connectivity index (χ3n) is 14.4. The summed E-state index contributed by atoms with van der Waals surface area (Å²) in [4.78, 5) is 2.69. The van der Waals surface area contributed by atoms with Gasteiger partial charge in [-0.25, -0.2) is 0 Å². The molecule has 5 aromatic carbocycles. The Morgan fingerprint density at radius 1 is 0.719 bits per heavy atom. The van der Waals surface area contributed by atoms with E-state index in [-0.39, 0.29) is 16.9 Å². The molecule has 1 aliphatic carbocycles. The fourth-order valence-corrected chi connectivity index (χ4v) is 11.6. The first-order chi connectivity index (χ1) is 27.7. The van der Waals surface area contributed by atoms with Crippen LogP contribution in [-0.2, 0) is 28.4 Å². The summed E-state index contributed by atoms with van der Waals surface area (Å²) in [5, 5.41) is 2.65. The monoisotopic (exact) mass is 742 g/mol. The fraction of sp³-hybridized carbons (Fsp3) is 0.269. The molecule has 1 fully saturated rings. The number of pyridine rings is 1. The molecular weight excluding hydrogens is 697 g/mol. The highest BCUT2D eigenvalue weighted by Crippen LogP contribution is 2.58. The molecule has 5 aliphatic heterocycles. The van der Waals surface area contributed by atoms with Crippen molar-refractivity contribution >= 4 is 50.5 Å². The quantitative estimate of drug-likeness (QED) is 0.156. The lowest BCUT2D eigenvalue weighted by molar-refractivity contribution is -0.591. The Bertz CT molecular complexity index is 3040. The summed E-state index contributed by atoms with van der Waals surface area (Å²) in [6.07, 6.45) is 7.69. The van der Waals surface area contributed by atoms with Gasteiger partial charge in [0.25, 0.3) is 5.82 Å². The highest BCUT2D eigenvalue weighted by Gasteiger charge is 2.55. The Kier molecular flexibility index (Phi) is 6.05. The van der Waals surface area contributed by atoms with Gasteiger partial charge in [0, 0.05) is 46.2 Å². The summed E-state index contributed by atoms with van der Waals surface area (Å²) >= 11 is 0. The molecular formula is C52H46N4O+2. The van der Waals surface area contributed by atoms with Crippen molar-refractivity contribution in [3.8, 4) is 16.9 Å². The van der Waals surface area contributed by atoms with Crippen LogP contribution in [0.25, 0.3) is 44.4 Å². The zero-order valence-corrected chi connectivity index (χ0v) is 33.4. The highest BCUT2D eigenvalue weighted by atomic mass is 16.5. The SMILES string of the molecule is CC(C)(C)c1cc[n+]2c(c1)-n1c3ccccc3c3cc4c5c(c31)C/C2=C1\Cc2c(cc(-c3ccccc3)cc2N5c2ccccc2C4(C)C)C2=[N+]1[C@@H]1CCC[C@@H]1O2. The summed E-state index contributed by atoms with van der Waals surface area (Å²) in [5.41, 5.74) is 19.5. The molecule has 7 heterocycles. The number of anilines is 3. The summed E-state index contributed by atoms with van der Waals surface area (Å²) < 4.78 is 15.1. The van der Waals surface area contributed by atoms with Crippen LogP contribution < -0.4 is 9.47 Å². The first kappa shape index (κ1) is 32.2. The second kappa shape index (κ2) is 10.7. The van der Waals surface area contributed by atoms with E-state index >= 15 is 0 Å². The molecule has 0 N–H and O–H groups in total. The number of allylic oxidation sites excluding steroid dienone is 2. The van der Waals surface area contributed by atoms with Crippen LogP contribution >= 0.6 is 0 Å². The first-order valence-corrected chi connectivity index (χ1v) is 21.0. The molecule has 278 valence electrons. The van der Waals surface area contributed by atoms with Gasteiger partial charge in [-0.15, -0.1) is 0 Å². The second-order valence-corrected chi connectivity index (χ2v) is 18.8. The molecule has 8 bridgehead atoms. The number of nitrogens with zero attached hydrogens (tertiary/aromatic N) is 4. The van der Waals surface area contributed by atoms with E-state index in [1.165, 1.54) is 107 Å². The minimum atomic E-state index is -0.238. The second-order valence-electron chi connectivity index (χ2n) is 18.8. The molecule has 6 aliphatic rings. The Morgan fingerprint density at radius 2 is 1.51 bits per heavy atom. The number of benzene rings is 5. The molecule has 0 saturated heterocycles. The molecule has 13 rings (SSSR count). The summed E-state index contributed by atoms with van der Waals surface area (Å²) in [5.74, 6) is 2.27. The van der Waals surface area contributed by atoms with Crippen molar-refractivity contribution in [2.45, 2.75) is 89.7 Å². The lowest BCUT2D eigenvalue weighted by atomic mass is 9.72. The number of hydrogen-bond donors (Lipinski definition) is 0. The van der Waals surface area contributed by atoms with Gasteiger partial charge < -0.3 is 9.64 Å². The minimum absolute atomic E-state index is 0.0120. The standard InChI is InChI=1S/C52H46N4O/c1-51(2,3)32-22-23-53-44-29-37-48-35(33-16-9-11-18-40(33)56(48)47(53)26-32)27-39-49(37)54(41-19-12-10-17-38(41)52(39,4)5)43-25-31(30-14-7-6-8-15-30)24-36-34(43)28-45(44)55-42-20-13-21-46(42)57-50(36)55/h6-12,14-19,22-27,42,46H,13,20-21,28-29H2,1-5H3/q+2/b45-44-/t42-,46+/m1/s1. The molecule has 0 unspecified atom stereocenters. The molecule has 0 amide bonds. The first-order valence-electron chi connectivity index (χ1n) is 21.0. The van der Waals surface area contributed by atoms with Crippen molar-refractivity contribution in [1.29, 1.82) is 0 Å². The third-order valence-corrected chi connectivity index (χ3v) is 14.4. The maximum atomic E-state index is 7.25. The number of aromatic nitrogens is 2. The molecule has 5 nitrogen and oxygen atoms in total. The van der Waals surface area contributed by atoms with E-state index in [9.17, 15) is 0 Å². The van der Waals surface area contributed by atoms with E-state index in [4.69, 9.17) is 4.74 Å². The van der Waals surface area contributed by atoms with Crippen LogP contribution in [0.1, 0.15) is 87.3 Å². The molecule has 1 saturated carbocycles. The number of rotatable bonds is 1. The van der Waals surface area contributed by atoms with Gasteiger partial charge in [0.15, 0.2) is 17.8 Å². The number of hydrogen-bond acceptors (Lipinski definition) is 2. The summed E-state index contributed by atoms with van der Waals surface area (Å²) in [6.45, 7) is 11.9. The number of ether oxygens (including phenoxy) is 1. The van der Waals surface area contributed by atoms with Crippen molar-refractivity contribution < 1.29 is 13.9 Å². The molecule has 0 spiro atoms. The molecule has 7 aromatic rings. The van der Waals surface area contributed by atoms with Crippen LogP contribution in [0.2, 0.25) is 0 Å². The van der Waals surface area contributed by atoms with Gasteiger partial charge in [0.1, 0.15) is 11.0 Å². The van der Waals surface area contributed by atoms with Crippen LogP contribution in [0.5, 0.6) is 0 Å². The molecule has 2 aromatic heterocycles. The van der Waals surface area contributed by atoms with Crippen LogP contribution in [-0.4, -0.2) is 27.2 Å². The maximum Gasteiger partial charge on any atom is 0.376 e. The predicted octanol–water partition coefficient (Wildman–Crippen LogP) is 11.1. The van der Waals surface area contributed by atoms with E-state index in [1.54, 1.807) is 0 Å². The van der Waals surface area contributed by atoms with Gasteiger partial charge in [-0.2, -0.15) is 13.7 Å². The zero-order valence-electron chi connectivity index (χ0n) is 33.4. The lowest BCUT2D eigenvalue weighted by Gasteiger charge is -2.43. The van der Waals surface area contributed by atoms with Gasteiger partial charge in [0.2, 0.25) is 5.70 Å². The van der Waals surface area contributed by atoms with Crippen molar-refractivity contribution in [1.82, 2.24) is 4.57 Å². The smallest absolute Gasteiger partial charge is 0.376 e. The molecule has 2 atom stereocenters. The van der Waals surface area contributed by atoms with Gasteiger partial charge in [-0.1, -0.05) is 95.3 Å². The van der Waals surface area contributed by atoms with E-state index in [2.05, 4.69) is 169 Å². The molecule has 57 heavy (non-hydrogen) atoms. The van der Waals surface area contributed by atoms with Gasteiger partial charge in [-0.3, -0.25) is 0 Å². The topological polar surface area (TPSA) is 24.3 Å². The Morgan fingerprint density at radius 3 is 2.37 bits per heavy atom. The van der Waals surface area contributed by atoms with Gasteiger partial charge in [0.05, 0.1) is 35.2 Å². The highest BCUT2D eigenvalue weighted by molar-refractivity contribution is 6.14. The van der Waals surface area contributed by atoms with Gasteiger partial charge >= 0.3 is 5.90 Å². The van der Waals surface area contributed by atoms with Crippen LogP contribution in [0.15, 0.2) is 121 Å². The van der Waals surface area contributed by atoms with E-state index < -0.39 is 0 Å². The number of para-hydroxylation sites is 2. The zero-order chi connectivity index (χ0) is 38.1. The molecule has 5 heteroatoms. The van der Waals surface area contributed by atoms with E-state index in [1.807, 2.05) is 0 Å². The average molecular weight is 743 g/mol. The summed E-state index contributed by atoms with van der Waals surface area (Å²) in [7, 11) is 0. The van der Waals surface area contributed by atoms with Crippen molar-refractivity contribution in [2.75, 3.05) is 4.90 Å². The Balaban J connectivity index is 1.28. The van der Waals surface area contributed by atoms with E-state index in [0.29, 0.717) is 6.04 Å². The van der Waals surface area contributed by atoms with Crippen molar-refractivity contribution in [2.24, 2.45) is 0 Å². The largest absolute Gasteiger partial charge is 0.434 e. The van der Waals surface area contributed by atoms with Crippen LogP contribution in [0, 0.1) is 0 Å². The summed E-state index contributed by atoms with van der Waals surface area (Å²) in [6, 6.07) is 42.0.